The number of para-hydroxylation sites is 1. The number of fused-ring (bicyclic) bond motifs is 1. The Morgan fingerprint density at radius 3 is 2.47 bits per heavy atom. The van der Waals surface area contributed by atoms with Crippen LogP contribution in [0.2, 0.25) is 0 Å². The Morgan fingerprint density at radius 2 is 1.73 bits per heavy atom. The summed E-state index contributed by atoms with van der Waals surface area (Å²) in [7, 11) is 0. The summed E-state index contributed by atoms with van der Waals surface area (Å²) in [5, 5.41) is 3.82. The fourth-order valence-corrected chi connectivity index (χ4v) is 3.36. The predicted octanol–water partition coefficient (Wildman–Crippen LogP) is 4.82. The molecule has 0 saturated carbocycles. The molecule has 150 valence electrons. The van der Waals surface area contributed by atoms with Gasteiger partial charge in [0.25, 0.3) is 11.5 Å². The Balaban J connectivity index is 1.57. The van der Waals surface area contributed by atoms with Gasteiger partial charge in [0.15, 0.2) is 0 Å². The van der Waals surface area contributed by atoms with E-state index in [2.05, 4.69) is 24.1 Å². The van der Waals surface area contributed by atoms with Crippen LogP contribution in [0.25, 0.3) is 10.9 Å². The largest absolute Gasteiger partial charge is 0.322 e. The monoisotopic (exact) mass is 397 g/mol. The van der Waals surface area contributed by atoms with Gasteiger partial charge in [0.05, 0.1) is 17.6 Å². The Morgan fingerprint density at radius 1 is 1.00 bits per heavy atom. The van der Waals surface area contributed by atoms with Crippen LogP contribution < -0.4 is 10.9 Å². The zero-order valence-electron chi connectivity index (χ0n) is 17.0. The summed E-state index contributed by atoms with van der Waals surface area (Å²) >= 11 is 0. The summed E-state index contributed by atoms with van der Waals surface area (Å²) in [4.78, 5) is 29.6. The molecule has 0 saturated heterocycles. The van der Waals surface area contributed by atoms with Crippen molar-refractivity contribution in [2.45, 2.75) is 26.3 Å². The van der Waals surface area contributed by atoms with Gasteiger partial charge in [-0.25, -0.2) is 0 Å². The fraction of sp³-hybridized carbons (Fsp3) is 0.160. The van der Waals surface area contributed by atoms with E-state index < -0.39 is 0 Å². The minimum atomic E-state index is -0.164. The standard InChI is InChI=1S/C25H23N3O2/c1-17(2)23-15-21(20-7-3-4-8-22(20)27-23)25(30)26-19-12-10-18(11-13-19)16-28-14-6-5-9-24(28)29/h3-15,17H,16H2,1-2H3,(H,26,30). The molecule has 4 rings (SSSR count). The van der Waals surface area contributed by atoms with Crippen molar-refractivity contribution in [3.63, 3.8) is 0 Å². The zero-order valence-corrected chi connectivity index (χ0v) is 17.0. The van der Waals surface area contributed by atoms with Crippen molar-refractivity contribution in [2.75, 3.05) is 5.32 Å². The van der Waals surface area contributed by atoms with E-state index in [-0.39, 0.29) is 17.4 Å². The van der Waals surface area contributed by atoms with Crippen LogP contribution >= 0.6 is 0 Å². The van der Waals surface area contributed by atoms with Crippen molar-refractivity contribution in [2.24, 2.45) is 0 Å². The molecule has 2 heterocycles. The molecule has 5 heteroatoms. The maximum Gasteiger partial charge on any atom is 0.256 e. The van der Waals surface area contributed by atoms with Gasteiger partial charge in [0.2, 0.25) is 0 Å². The summed E-state index contributed by atoms with van der Waals surface area (Å²) in [5.74, 6) is 0.0596. The molecule has 0 aliphatic carbocycles. The lowest BCUT2D eigenvalue weighted by atomic mass is 10.0. The van der Waals surface area contributed by atoms with Crippen molar-refractivity contribution < 1.29 is 4.79 Å². The molecule has 5 nitrogen and oxygen atoms in total. The lowest BCUT2D eigenvalue weighted by molar-refractivity contribution is 0.102. The molecule has 2 aromatic carbocycles. The molecule has 2 aromatic heterocycles. The number of rotatable bonds is 5. The van der Waals surface area contributed by atoms with E-state index in [1.807, 2.05) is 60.7 Å². The number of aromatic nitrogens is 2. The number of nitrogens with one attached hydrogen (secondary N) is 1. The topological polar surface area (TPSA) is 64.0 Å². The van der Waals surface area contributed by atoms with Crippen LogP contribution in [0, 0.1) is 0 Å². The first-order valence-corrected chi connectivity index (χ1v) is 9.97. The highest BCUT2D eigenvalue weighted by Gasteiger charge is 2.14. The second-order valence-electron chi connectivity index (χ2n) is 7.58. The van der Waals surface area contributed by atoms with E-state index in [1.54, 1.807) is 22.9 Å². The molecule has 30 heavy (non-hydrogen) atoms. The van der Waals surface area contributed by atoms with Gasteiger partial charge in [-0.15, -0.1) is 0 Å². The second-order valence-corrected chi connectivity index (χ2v) is 7.58. The van der Waals surface area contributed by atoms with Crippen LogP contribution in [0.5, 0.6) is 0 Å². The van der Waals surface area contributed by atoms with E-state index >= 15 is 0 Å². The highest BCUT2D eigenvalue weighted by molar-refractivity contribution is 6.12. The number of nitrogens with zero attached hydrogens (tertiary/aromatic N) is 2. The average molecular weight is 397 g/mol. The van der Waals surface area contributed by atoms with E-state index in [9.17, 15) is 9.59 Å². The molecule has 0 unspecified atom stereocenters. The van der Waals surface area contributed by atoms with Crippen molar-refractivity contribution in [3.05, 3.63) is 106 Å². The third-order valence-corrected chi connectivity index (χ3v) is 5.04. The normalized spacial score (nSPS) is 11.0. The SMILES string of the molecule is CC(C)c1cc(C(=O)Nc2ccc(Cn3ccccc3=O)cc2)c2ccccc2n1. The highest BCUT2D eigenvalue weighted by Crippen LogP contribution is 2.23. The summed E-state index contributed by atoms with van der Waals surface area (Å²) in [6, 6.07) is 22.2. The van der Waals surface area contributed by atoms with E-state index in [0.717, 1.165) is 22.2 Å². The molecule has 0 radical (unpaired) electrons. The number of hydrogen-bond acceptors (Lipinski definition) is 3. The lowest BCUT2D eigenvalue weighted by Gasteiger charge is -2.12. The minimum Gasteiger partial charge on any atom is -0.322 e. The molecule has 0 bridgehead atoms. The van der Waals surface area contributed by atoms with Crippen molar-refractivity contribution in [3.8, 4) is 0 Å². The van der Waals surface area contributed by atoms with Crippen LogP contribution in [0.1, 0.15) is 41.4 Å². The number of hydrogen-bond donors (Lipinski definition) is 1. The summed E-state index contributed by atoms with van der Waals surface area (Å²) in [6.45, 7) is 4.62. The average Bonchev–Trinajstić information content (AvgIpc) is 2.75. The Labute approximate surface area is 175 Å². The highest BCUT2D eigenvalue weighted by atomic mass is 16.1. The third kappa shape index (κ3) is 4.15. The van der Waals surface area contributed by atoms with Gasteiger partial charge in [-0.05, 0) is 41.8 Å². The first-order valence-electron chi connectivity index (χ1n) is 9.97. The van der Waals surface area contributed by atoms with Gasteiger partial charge >= 0.3 is 0 Å². The molecule has 0 aliphatic heterocycles. The van der Waals surface area contributed by atoms with Crippen molar-refractivity contribution in [1.29, 1.82) is 0 Å². The second kappa shape index (κ2) is 8.33. The summed E-state index contributed by atoms with van der Waals surface area (Å²) in [6.07, 6.45) is 1.76. The van der Waals surface area contributed by atoms with E-state index in [0.29, 0.717) is 17.8 Å². The first-order chi connectivity index (χ1) is 14.5. The lowest BCUT2D eigenvalue weighted by Crippen LogP contribution is -2.18. The number of carbonyl (C=O) groups is 1. The Kier molecular flexibility index (Phi) is 5.44. The van der Waals surface area contributed by atoms with Gasteiger partial charge in [0.1, 0.15) is 0 Å². The van der Waals surface area contributed by atoms with Crippen LogP contribution in [0.15, 0.2) is 83.8 Å². The molecule has 1 amide bonds. The number of pyridine rings is 2. The number of anilines is 1. The van der Waals surface area contributed by atoms with Crippen LogP contribution in [-0.2, 0) is 6.54 Å². The molecular weight excluding hydrogens is 374 g/mol. The number of amides is 1. The molecule has 0 aliphatic rings. The number of carbonyl (C=O) groups excluding carboxylic acids is 1. The molecule has 1 N–H and O–H groups in total. The van der Waals surface area contributed by atoms with Crippen LogP contribution in [-0.4, -0.2) is 15.5 Å². The van der Waals surface area contributed by atoms with Crippen molar-refractivity contribution >= 4 is 22.5 Å². The fourth-order valence-electron chi connectivity index (χ4n) is 3.36. The quantitative estimate of drug-likeness (QED) is 0.525. The Bertz CT molecular complexity index is 1260. The van der Waals surface area contributed by atoms with Crippen LogP contribution in [0.3, 0.4) is 0 Å². The molecule has 0 fully saturated rings. The van der Waals surface area contributed by atoms with Gasteiger partial charge in [-0.1, -0.05) is 50.2 Å². The zero-order chi connectivity index (χ0) is 21.1. The molecule has 0 spiro atoms. The smallest absolute Gasteiger partial charge is 0.256 e. The van der Waals surface area contributed by atoms with Gasteiger partial charge in [-0.3, -0.25) is 14.6 Å². The molecule has 0 atom stereocenters. The Hall–Kier alpha value is -3.73. The van der Waals surface area contributed by atoms with Crippen LogP contribution in [0.4, 0.5) is 5.69 Å². The maximum absolute atomic E-state index is 13.0. The maximum atomic E-state index is 13.0. The summed E-state index contributed by atoms with van der Waals surface area (Å²) in [5.41, 5.74) is 3.97. The van der Waals surface area contributed by atoms with Gasteiger partial charge in [-0.2, -0.15) is 0 Å². The van der Waals surface area contributed by atoms with Crippen molar-refractivity contribution in [1.82, 2.24) is 9.55 Å². The molecular formula is C25H23N3O2. The van der Waals surface area contributed by atoms with Gasteiger partial charge < -0.3 is 9.88 Å². The number of benzene rings is 2. The summed E-state index contributed by atoms with van der Waals surface area (Å²) < 4.78 is 1.64. The van der Waals surface area contributed by atoms with E-state index in [1.165, 1.54) is 0 Å². The predicted molar refractivity (Wildman–Crippen MR) is 120 cm³/mol. The first kappa shape index (κ1) is 19.6. The third-order valence-electron chi connectivity index (χ3n) is 5.04. The molecule has 4 aromatic rings. The minimum absolute atomic E-state index is 0.0413. The van der Waals surface area contributed by atoms with E-state index in [4.69, 9.17) is 0 Å². The van der Waals surface area contributed by atoms with Gasteiger partial charge in [0, 0.05) is 29.0 Å².